The Morgan fingerprint density at radius 1 is 1.09 bits per heavy atom. The highest BCUT2D eigenvalue weighted by atomic mass is 16.2. The van der Waals surface area contributed by atoms with Gasteiger partial charge in [0.15, 0.2) is 5.78 Å². The number of nitrogens with one attached hydrogen (secondary N) is 2. The van der Waals surface area contributed by atoms with Crippen LogP contribution in [-0.2, 0) is 0 Å². The van der Waals surface area contributed by atoms with E-state index < -0.39 is 0 Å². The van der Waals surface area contributed by atoms with E-state index in [1.165, 1.54) is 6.92 Å². The van der Waals surface area contributed by atoms with Crippen molar-refractivity contribution in [3.8, 4) is 11.3 Å². The Morgan fingerprint density at radius 2 is 1.87 bits per heavy atom. The van der Waals surface area contributed by atoms with Crippen LogP contribution in [0.5, 0.6) is 0 Å². The van der Waals surface area contributed by atoms with E-state index in [9.17, 15) is 9.59 Å². The van der Waals surface area contributed by atoms with Gasteiger partial charge >= 0.3 is 0 Å². The molecule has 0 bridgehead atoms. The van der Waals surface area contributed by atoms with Crippen LogP contribution in [0.4, 0.5) is 5.69 Å². The molecule has 0 saturated carbocycles. The summed E-state index contributed by atoms with van der Waals surface area (Å²) >= 11 is 0. The Kier molecular flexibility index (Phi) is 3.97. The molecule has 3 aromatic rings. The van der Waals surface area contributed by atoms with Crippen molar-refractivity contribution < 1.29 is 9.59 Å². The van der Waals surface area contributed by atoms with E-state index in [0.717, 1.165) is 5.56 Å². The van der Waals surface area contributed by atoms with Crippen LogP contribution in [0.2, 0.25) is 0 Å². The van der Waals surface area contributed by atoms with Crippen molar-refractivity contribution in [2.75, 3.05) is 5.32 Å². The summed E-state index contributed by atoms with van der Waals surface area (Å²) in [6.45, 7) is 1.48. The second-order valence-corrected chi connectivity index (χ2v) is 4.99. The van der Waals surface area contributed by atoms with E-state index in [1.807, 2.05) is 12.1 Å². The molecule has 0 radical (unpaired) electrons. The SMILES string of the molecule is CC(=O)c1cccc(NC(=O)c2cc(-c3ccncc3)n[nH]2)c1. The summed E-state index contributed by atoms with van der Waals surface area (Å²) in [4.78, 5) is 27.6. The molecule has 1 amide bonds. The predicted molar refractivity (Wildman–Crippen MR) is 86.2 cm³/mol. The van der Waals surface area contributed by atoms with Crippen molar-refractivity contribution >= 4 is 17.4 Å². The summed E-state index contributed by atoms with van der Waals surface area (Å²) in [5.41, 5.74) is 2.97. The molecule has 0 aliphatic rings. The van der Waals surface area contributed by atoms with Gasteiger partial charge in [-0.05, 0) is 37.3 Å². The first-order valence-corrected chi connectivity index (χ1v) is 7.01. The molecule has 6 nitrogen and oxygen atoms in total. The lowest BCUT2D eigenvalue weighted by molar-refractivity contribution is 0.100. The van der Waals surface area contributed by atoms with Gasteiger partial charge in [-0.3, -0.25) is 19.7 Å². The van der Waals surface area contributed by atoms with E-state index in [-0.39, 0.29) is 11.7 Å². The van der Waals surface area contributed by atoms with Gasteiger partial charge < -0.3 is 5.32 Å². The summed E-state index contributed by atoms with van der Waals surface area (Å²) in [6, 6.07) is 12.1. The highest BCUT2D eigenvalue weighted by molar-refractivity contribution is 6.04. The topological polar surface area (TPSA) is 87.7 Å². The molecule has 2 N–H and O–H groups in total. The zero-order valence-corrected chi connectivity index (χ0v) is 12.4. The van der Waals surface area contributed by atoms with Crippen LogP contribution in [0.25, 0.3) is 11.3 Å². The monoisotopic (exact) mass is 306 g/mol. The number of nitrogens with zero attached hydrogens (tertiary/aromatic N) is 2. The molecule has 0 unspecified atom stereocenters. The van der Waals surface area contributed by atoms with E-state index in [2.05, 4.69) is 20.5 Å². The number of H-pyrrole nitrogens is 1. The molecule has 114 valence electrons. The highest BCUT2D eigenvalue weighted by Gasteiger charge is 2.12. The molecular formula is C17H14N4O2. The maximum Gasteiger partial charge on any atom is 0.273 e. The van der Waals surface area contributed by atoms with Gasteiger partial charge in [-0.2, -0.15) is 5.10 Å². The van der Waals surface area contributed by atoms with E-state index in [1.54, 1.807) is 42.7 Å². The first-order chi connectivity index (χ1) is 11.1. The molecular weight excluding hydrogens is 292 g/mol. The minimum atomic E-state index is -0.321. The van der Waals surface area contributed by atoms with E-state index in [4.69, 9.17) is 0 Å². The number of anilines is 1. The number of carbonyl (C=O) groups excluding carboxylic acids is 2. The van der Waals surface area contributed by atoms with Crippen molar-refractivity contribution in [2.45, 2.75) is 6.92 Å². The molecule has 1 aromatic carbocycles. The Bertz CT molecular complexity index is 856. The zero-order valence-electron chi connectivity index (χ0n) is 12.4. The Morgan fingerprint density at radius 3 is 2.61 bits per heavy atom. The van der Waals surface area contributed by atoms with Crippen molar-refractivity contribution in [3.05, 3.63) is 66.1 Å². The van der Waals surface area contributed by atoms with Crippen LogP contribution in [0.1, 0.15) is 27.8 Å². The number of rotatable bonds is 4. The van der Waals surface area contributed by atoms with Gasteiger partial charge in [0.25, 0.3) is 5.91 Å². The van der Waals surface area contributed by atoms with Gasteiger partial charge in [-0.15, -0.1) is 0 Å². The third-order valence-corrected chi connectivity index (χ3v) is 3.33. The highest BCUT2D eigenvalue weighted by Crippen LogP contribution is 2.17. The molecule has 0 saturated heterocycles. The Labute approximate surface area is 132 Å². The number of pyridine rings is 1. The Balaban J connectivity index is 1.78. The molecule has 0 atom stereocenters. The molecule has 0 spiro atoms. The molecule has 2 aromatic heterocycles. The number of hydrogen-bond acceptors (Lipinski definition) is 4. The first-order valence-electron chi connectivity index (χ1n) is 7.01. The zero-order chi connectivity index (χ0) is 16.2. The predicted octanol–water partition coefficient (Wildman–Crippen LogP) is 2.93. The first kappa shape index (κ1) is 14.6. The molecule has 23 heavy (non-hydrogen) atoms. The van der Waals surface area contributed by atoms with Crippen molar-refractivity contribution in [2.24, 2.45) is 0 Å². The fourth-order valence-electron chi connectivity index (χ4n) is 2.12. The van der Waals surface area contributed by atoms with E-state index >= 15 is 0 Å². The largest absolute Gasteiger partial charge is 0.321 e. The van der Waals surface area contributed by atoms with E-state index in [0.29, 0.717) is 22.6 Å². The number of hydrogen-bond donors (Lipinski definition) is 2. The van der Waals surface area contributed by atoms with Crippen LogP contribution in [0, 0.1) is 0 Å². The average Bonchev–Trinajstić information content (AvgIpc) is 3.06. The van der Waals surface area contributed by atoms with Gasteiger partial charge in [0, 0.05) is 29.2 Å². The number of aromatic amines is 1. The number of ketones is 1. The van der Waals surface area contributed by atoms with Gasteiger partial charge in [-0.1, -0.05) is 12.1 Å². The average molecular weight is 306 g/mol. The lowest BCUT2D eigenvalue weighted by Crippen LogP contribution is -2.12. The minimum absolute atomic E-state index is 0.0531. The number of carbonyl (C=O) groups is 2. The lowest BCUT2D eigenvalue weighted by Gasteiger charge is -2.04. The second kappa shape index (κ2) is 6.23. The summed E-state index contributed by atoms with van der Waals surface area (Å²) in [5.74, 6) is -0.374. The second-order valence-electron chi connectivity index (χ2n) is 4.99. The number of benzene rings is 1. The lowest BCUT2D eigenvalue weighted by atomic mass is 10.1. The number of amides is 1. The standard InChI is InChI=1S/C17H14N4O2/c1-11(22)13-3-2-4-14(9-13)19-17(23)16-10-15(20-21-16)12-5-7-18-8-6-12/h2-10H,1H3,(H,19,23)(H,20,21). The van der Waals surface area contributed by atoms with Crippen molar-refractivity contribution in [3.63, 3.8) is 0 Å². The van der Waals surface area contributed by atoms with Gasteiger partial charge in [0.2, 0.25) is 0 Å². The molecule has 0 aliphatic heterocycles. The third kappa shape index (κ3) is 3.32. The van der Waals surface area contributed by atoms with Crippen LogP contribution in [0.3, 0.4) is 0 Å². The summed E-state index contributed by atoms with van der Waals surface area (Å²) < 4.78 is 0. The summed E-state index contributed by atoms with van der Waals surface area (Å²) in [5, 5.41) is 9.58. The minimum Gasteiger partial charge on any atom is -0.321 e. The van der Waals surface area contributed by atoms with Crippen molar-refractivity contribution in [1.29, 1.82) is 0 Å². The summed E-state index contributed by atoms with van der Waals surface area (Å²) in [7, 11) is 0. The molecule has 0 fully saturated rings. The number of Topliss-reactive ketones (excluding diaryl/α,β-unsaturated/α-hetero) is 1. The normalized spacial score (nSPS) is 10.3. The van der Waals surface area contributed by atoms with Crippen LogP contribution < -0.4 is 5.32 Å². The molecule has 6 heteroatoms. The van der Waals surface area contributed by atoms with Gasteiger partial charge in [-0.25, -0.2) is 0 Å². The Hall–Kier alpha value is -3.28. The van der Waals surface area contributed by atoms with Crippen LogP contribution in [-0.4, -0.2) is 26.9 Å². The fourth-order valence-corrected chi connectivity index (χ4v) is 2.12. The summed E-state index contributed by atoms with van der Waals surface area (Å²) in [6.07, 6.45) is 3.33. The molecule has 0 aliphatic carbocycles. The molecule has 2 heterocycles. The van der Waals surface area contributed by atoms with Crippen LogP contribution >= 0.6 is 0 Å². The maximum atomic E-state index is 12.3. The third-order valence-electron chi connectivity index (χ3n) is 3.33. The van der Waals surface area contributed by atoms with Gasteiger partial charge in [0.1, 0.15) is 5.69 Å². The van der Waals surface area contributed by atoms with Crippen LogP contribution in [0.15, 0.2) is 54.9 Å². The fraction of sp³-hybridized carbons (Fsp3) is 0.0588. The quantitative estimate of drug-likeness (QED) is 0.725. The smallest absolute Gasteiger partial charge is 0.273 e. The number of aromatic nitrogens is 3. The maximum absolute atomic E-state index is 12.3. The molecule has 3 rings (SSSR count). The van der Waals surface area contributed by atoms with Crippen molar-refractivity contribution in [1.82, 2.24) is 15.2 Å². The van der Waals surface area contributed by atoms with Gasteiger partial charge in [0.05, 0.1) is 5.69 Å².